The summed E-state index contributed by atoms with van der Waals surface area (Å²) >= 11 is 0. The highest BCUT2D eigenvalue weighted by atomic mass is 32.2. The third-order valence-corrected chi connectivity index (χ3v) is 5.00. The third kappa shape index (κ3) is 4.05. The normalized spacial score (nSPS) is 12.0. The van der Waals surface area contributed by atoms with Crippen molar-refractivity contribution in [2.75, 3.05) is 20.2 Å². The van der Waals surface area contributed by atoms with Crippen molar-refractivity contribution in [1.29, 1.82) is 0 Å². The Bertz CT molecular complexity index is 633. The van der Waals surface area contributed by atoms with Crippen molar-refractivity contribution in [3.05, 3.63) is 29.8 Å². The van der Waals surface area contributed by atoms with Gasteiger partial charge in [-0.2, -0.15) is 4.31 Å². The van der Waals surface area contributed by atoms with E-state index in [1.54, 1.807) is 19.9 Å². The lowest BCUT2D eigenvalue weighted by molar-refractivity contribution is -0.131. The summed E-state index contributed by atoms with van der Waals surface area (Å²) < 4.78 is 31.6. The number of methoxy groups -OCH3 is 1. The van der Waals surface area contributed by atoms with E-state index in [-0.39, 0.29) is 10.6 Å². The SMILES string of the molecule is CCN(CC)S(=O)(=O)c1cc(/C=C/C(=O)O)ccc1OC. The van der Waals surface area contributed by atoms with Crippen molar-refractivity contribution < 1.29 is 23.1 Å². The molecule has 0 radical (unpaired) electrons. The van der Waals surface area contributed by atoms with E-state index in [1.165, 1.54) is 29.6 Å². The van der Waals surface area contributed by atoms with Gasteiger partial charge in [0.25, 0.3) is 0 Å². The zero-order valence-electron chi connectivity index (χ0n) is 12.2. The molecule has 21 heavy (non-hydrogen) atoms. The minimum absolute atomic E-state index is 0.0289. The molecule has 0 saturated carbocycles. The maximum absolute atomic E-state index is 12.6. The smallest absolute Gasteiger partial charge is 0.328 e. The van der Waals surface area contributed by atoms with E-state index in [9.17, 15) is 13.2 Å². The zero-order chi connectivity index (χ0) is 16.0. The molecule has 0 saturated heterocycles. The number of carboxylic acids is 1. The van der Waals surface area contributed by atoms with E-state index in [0.29, 0.717) is 18.7 Å². The summed E-state index contributed by atoms with van der Waals surface area (Å²) in [5, 5.41) is 8.63. The monoisotopic (exact) mass is 313 g/mol. The maximum atomic E-state index is 12.6. The first-order valence-corrected chi connectivity index (χ1v) is 7.90. The number of carbonyl (C=O) groups is 1. The molecule has 6 nitrogen and oxygen atoms in total. The van der Waals surface area contributed by atoms with Gasteiger partial charge in [0, 0.05) is 19.2 Å². The highest BCUT2D eigenvalue weighted by molar-refractivity contribution is 7.89. The number of nitrogens with zero attached hydrogens (tertiary/aromatic N) is 1. The highest BCUT2D eigenvalue weighted by Crippen LogP contribution is 2.28. The van der Waals surface area contributed by atoms with Crippen LogP contribution in [0.4, 0.5) is 0 Å². The number of benzene rings is 1. The van der Waals surface area contributed by atoms with Crippen LogP contribution in [0.5, 0.6) is 5.75 Å². The molecular weight excluding hydrogens is 294 g/mol. The number of aliphatic carboxylic acids is 1. The quantitative estimate of drug-likeness (QED) is 0.776. The first kappa shape index (κ1) is 17.2. The molecule has 0 unspecified atom stereocenters. The summed E-state index contributed by atoms with van der Waals surface area (Å²) in [6.07, 6.45) is 2.29. The molecule has 0 aromatic heterocycles. The number of hydrogen-bond donors (Lipinski definition) is 1. The van der Waals surface area contributed by atoms with Crippen LogP contribution >= 0.6 is 0 Å². The molecule has 116 valence electrons. The molecule has 0 bridgehead atoms. The van der Waals surface area contributed by atoms with Gasteiger partial charge in [-0.15, -0.1) is 0 Å². The zero-order valence-corrected chi connectivity index (χ0v) is 13.1. The molecule has 0 heterocycles. The molecule has 1 N–H and O–H groups in total. The fourth-order valence-corrected chi connectivity index (χ4v) is 3.52. The van der Waals surface area contributed by atoms with E-state index in [0.717, 1.165) is 6.08 Å². The van der Waals surface area contributed by atoms with Gasteiger partial charge in [-0.25, -0.2) is 13.2 Å². The van der Waals surface area contributed by atoms with Crippen LogP contribution in [-0.2, 0) is 14.8 Å². The van der Waals surface area contributed by atoms with Crippen LogP contribution in [0.2, 0.25) is 0 Å². The van der Waals surface area contributed by atoms with Crippen LogP contribution in [0.15, 0.2) is 29.2 Å². The van der Waals surface area contributed by atoms with Gasteiger partial charge >= 0.3 is 5.97 Å². The van der Waals surface area contributed by atoms with Gasteiger partial charge in [0.2, 0.25) is 10.0 Å². The van der Waals surface area contributed by atoms with Crippen molar-refractivity contribution in [3.63, 3.8) is 0 Å². The van der Waals surface area contributed by atoms with E-state index in [2.05, 4.69) is 0 Å². The second kappa shape index (κ2) is 7.24. The largest absolute Gasteiger partial charge is 0.495 e. The average molecular weight is 313 g/mol. The van der Waals surface area contributed by atoms with Gasteiger partial charge in [0.05, 0.1) is 7.11 Å². The standard InChI is InChI=1S/C14H19NO5S/c1-4-15(5-2)21(18,19)13-10-11(7-9-14(16)17)6-8-12(13)20-3/h6-10H,4-5H2,1-3H3,(H,16,17)/b9-7+. The molecule has 1 aromatic rings. The Morgan fingerprint density at radius 3 is 2.43 bits per heavy atom. The fraction of sp³-hybridized carbons (Fsp3) is 0.357. The van der Waals surface area contributed by atoms with Crippen LogP contribution < -0.4 is 4.74 Å². The molecule has 1 rings (SSSR count). The van der Waals surface area contributed by atoms with Crippen molar-refractivity contribution in [2.24, 2.45) is 0 Å². The number of hydrogen-bond acceptors (Lipinski definition) is 4. The van der Waals surface area contributed by atoms with E-state index in [1.807, 2.05) is 0 Å². The third-order valence-electron chi connectivity index (χ3n) is 2.93. The van der Waals surface area contributed by atoms with E-state index < -0.39 is 16.0 Å². The van der Waals surface area contributed by atoms with E-state index >= 15 is 0 Å². The van der Waals surface area contributed by atoms with E-state index in [4.69, 9.17) is 9.84 Å². The van der Waals surface area contributed by atoms with Crippen molar-refractivity contribution >= 4 is 22.1 Å². The summed E-state index contributed by atoms with van der Waals surface area (Å²) in [5.74, 6) is -0.867. The van der Waals surface area contributed by atoms with Gasteiger partial charge in [-0.1, -0.05) is 19.9 Å². The van der Waals surface area contributed by atoms with Gasteiger partial charge in [-0.3, -0.25) is 0 Å². The Balaban J connectivity index is 3.38. The van der Waals surface area contributed by atoms with Crippen molar-refractivity contribution in [3.8, 4) is 5.75 Å². The predicted octanol–water partition coefficient (Wildman–Crippen LogP) is 1.82. The summed E-state index contributed by atoms with van der Waals surface area (Å²) in [4.78, 5) is 10.6. The van der Waals surface area contributed by atoms with Gasteiger partial charge in [0.15, 0.2) is 0 Å². The Kier molecular flexibility index (Phi) is 5.92. The number of sulfonamides is 1. The average Bonchev–Trinajstić information content (AvgIpc) is 2.45. The Morgan fingerprint density at radius 1 is 1.33 bits per heavy atom. The van der Waals surface area contributed by atoms with Gasteiger partial charge < -0.3 is 9.84 Å². The molecule has 7 heteroatoms. The van der Waals surface area contributed by atoms with Crippen LogP contribution in [-0.4, -0.2) is 44.0 Å². The first-order valence-electron chi connectivity index (χ1n) is 6.46. The lowest BCUT2D eigenvalue weighted by Gasteiger charge is -2.20. The highest BCUT2D eigenvalue weighted by Gasteiger charge is 2.25. The van der Waals surface area contributed by atoms with Crippen LogP contribution in [0.3, 0.4) is 0 Å². The van der Waals surface area contributed by atoms with Crippen molar-refractivity contribution in [2.45, 2.75) is 18.7 Å². The molecular formula is C14H19NO5S. The Morgan fingerprint density at radius 2 is 1.95 bits per heavy atom. The van der Waals surface area contributed by atoms with Gasteiger partial charge in [-0.05, 0) is 23.8 Å². The lowest BCUT2D eigenvalue weighted by Crippen LogP contribution is -2.30. The topological polar surface area (TPSA) is 83.9 Å². The summed E-state index contributed by atoms with van der Waals surface area (Å²) in [6, 6.07) is 4.52. The summed E-state index contributed by atoms with van der Waals surface area (Å²) in [7, 11) is -2.29. The van der Waals surface area contributed by atoms with Crippen molar-refractivity contribution in [1.82, 2.24) is 4.31 Å². The molecule has 1 aromatic carbocycles. The molecule has 0 spiro atoms. The Hall–Kier alpha value is -1.86. The number of carboxylic acid groups (broad SMARTS) is 1. The van der Waals surface area contributed by atoms with Gasteiger partial charge in [0.1, 0.15) is 10.6 Å². The minimum Gasteiger partial charge on any atom is -0.495 e. The van der Waals surface area contributed by atoms with Crippen LogP contribution in [0.1, 0.15) is 19.4 Å². The Labute approximate surface area is 124 Å². The first-order chi connectivity index (χ1) is 9.86. The predicted molar refractivity (Wildman–Crippen MR) is 79.8 cm³/mol. The summed E-state index contributed by atoms with van der Waals surface area (Å²) in [6.45, 7) is 4.19. The molecule has 0 atom stereocenters. The number of ether oxygens (including phenoxy) is 1. The van der Waals surface area contributed by atoms with Crippen LogP contribution in [0, 0.1) is 0 Å². The summed E-state index contributed by atoms with van der Waals surface area (Å²) in [5.41, 5.74) is 0.476. The second-order valence-corrected chi connectivity index (χ2v) is 6.08. The number of rotatable bonds is 7. The second-order valence-electron chi connectivity index (χ2n) is 4.17. The molecule has 0 aliphatic rings. The molecule has 0 amide bonds. The molecule has 0 aliphatic heterocycles. The maximum Gasteiger partial charge on any atom is 0.328 e. The van der Waals surface area contributed by atoms with Crippen LogP contribution in [0.25, 0.3) is 6.08 Å². The minimum atomic E-state index is -3.68. The molecule has 0 aliphatic carbocycles. The molecule has 0 fully saturated rings. The fourth-order valence-electron chi connectivity index (χ4n) is 1.87. The lowest BCUT2D eigenvalue weighted by atomic mass is 10.2.